The van der Waals surface area contributed by atoms with Gasteiger partial charge in [-0.05, 0) is 12.8 Å². The van der Waals surface area contributed by atoms with Crippen LogP contribution in [0.15, 0.2) is 0 Å². The molecule has 23 heteroatoms. The van der Waals surface area contributed by atoms with Gasteiger partial charge in [0.05, 0.1) is 44.1 Å². The molecule has 5 aliphatic rings. The van der Waals surface area contributed by atoms with Crippen molar-refractivity contribution in [3.63, 3.8) is 0 Å². The number of aliphatic hydroxyl groups excluding tert-OH is 10. The van der Waals surface area contributed by atoms with Gasteiger partial charge in [0.25, 0.3) is 0 Å². The van der Waals surface area contributed by atoms with Crippen molar-refractivity contribution in [2.45, 2.75) is 154 Å². The van der Waals surface area contributed by atoms with Crippen LogP contribution in [0.2, 0.25) is 0 Å². The summed E-state index contributed by atoms with van der Waals surface area (Å²) >= 11 is 0. The van der Waals surface area contributed by atoms with E-state index < -0.39 is 161 Å². The monoisotopic (exact) mass is 761 g/mol. The molecular formula is C29H55N5O18. The molecule has 5 rings (SSSR count). The Kier molecular flexibility index (Phi) is 14.5. The lowest BCUT2D eigenvalue weighted by atomic mass is 9.84. The van der Waals surface area contributed by atoms with E-state index in [1.54, 1.807) is 0 Å². The molecule has 4 aliphatic heterocycles. The molecule has 52 heavy (non-hydrogen) atoms. The third-order valence-corrected chi connectivity index (χ3v) is 10.3. The van der Waals surface area contributed by atoms with Gasteiger partial charge in [-0.1, -0.05) is 0 Å². The Labute approximate surface area is 297 Å². The largest absolute Gasteiger partial charge is 0.394 e. The summed E-state index contributed by atoms with van der Waals surface area (Å²) in [6.45, 7) is -2.26. The van der Waals surface area contributed by atoms with Crippen molar-refractivity contribution >= 4 is 0 Å². The average Bonchev–Trinajstić information content (AvgIpc) is 3.41. The summed E-state index contributed by atoms with van der Waals surface area (Å²) < 4.78 is 46.4. The molecule has 0 aromatic heterocycles. The molecule has 0 aromatic carbocycles. The topological polar surface area (TPSA) is 406 Å². The lowest BCUT2D eigenvalue weighted by molar-refractivity contribution is -0.348. The summed E-state index contributed by atoms with van der Waals surface area (Å²) in [6.07, 6.45) is -26.9. The second kappa shape index (κ2) is 17.9. The molecule has 1 saturated carbocycles. The molecule has 0 spiro atoms. The summed E-state index contributed by atoms with van der Waals surface area (Å²) in [5, 5.41) is 104. The van der Waals surface area contributed by atoms with Gasteiger partial charge in [-0.2, -0.15) is 0 Å². The van der Waals surface area contributed by atoms with Gasteiger partial charge < -0.3 is 118 Å². The van der Waals surface area contributed by atoms with Crippen LogP contribution in [0.25, 0.3) is 0 Å². The first-order valence-corrected chi connectivity index (χ1v) is 17.2. The fourth-order valence-corrected chi connectivity index (χ4v) is 7.16. The van der Waals surface area contributed by atoms with Crippen LogP contribution in [0.5, 0.6) is 0 Å². The van der Waals surface area contributed by atoms with Crippen molar-refractivity contribution in [1.29, 1.82) is 0 Å². The van der Waals surface area contributed by atoms with Crippen molar-refractivity contribution in [3.05, 3.63) is 0 Å². The van der Waals surface area contributed by atoms with Gasteiger partial charge >= 0.3 is 0 Å². The summed E-state index contributed by atoms with van der Waals surface area (Å²) in [5.41, 5.74) is 30.8. The molecule has 23 atom stereocenters. The zero-order chi connectivity index (χ0) is 38.2. The predicted molar refractivity (Wildman–Crippen MR) is 168 cm³/mol. The Morgan fingerprint density at radius 1 is 0.442 bits per heavy atom. The van der Waals surface area contributed by atoms with Gasteiger partial charge in [-0.15, -0.1) is 0 Å². The Hall–Kier alpha value is -0.920. The highest BCUT2D eigenvalue weighted by Crippen LogP contribution is 2.35. The fraction of sp³-hybridized carbons (Fsp3) is 1.00. The highest BCUT2D eigenvalue weighted by Gasteiger charge is 2.55. The SMILES string of the molecule is NC[C@@H]1O[C@H](O[C@H]2[C@@H](O)[C@H](O[C@@H]3[C@@H](O)[C@H](N)C[C@H](N)[C@H]3O[C@H]3O[C@H](CO)[C@@H](O)C[C@H]3N)O[C@@H]2CO)[C@H](N)[C@@H](O)[C@@H]1O[C@H]1O[C@H](CO)[C@@H](O)[C@H](O)[C@@H]1O. The second-order valence-corrected chi connectivity index (χ2v) is 13.9. The van der Waals surface area contributed by atoms with Gasteiger partial charge in [-0.3, -0.25) is 0 Å². The number of aliphatic hydroxyl groups is 10. The maximum Gasteiger partial charge on any atom is 0.187 e. The number of hydrogen-bond acceptors (Lipinski definition) is 23. The van der Waals surface area contributed by atoms with Crippen LogP contribution in [0, 0.1) is 0 Å². The average molecular weight is 762 g/mol. The standard InChI is InChI=1S/C29H55N5O18/c30-3-11-23(51-28-20(43)19(42)17(40)13(5-36)47-28)18(41)15(34)27(45-11)50-24-14(6-37)48-29(21(24)44)52-25-16(39)7(31)1-8(32)22(25)49-26-9(33)2-10(38)12(4-35)46-26/h7-29,35-44H,1-6,30-34H2/t7-,8+,9-,10+,11+,12-,13-,14-,15-,16+,17-,18-,19+,20+,21-,22-,23-,24-,25-,26-,27-,28-,29+/m1/s1. The van der Waals surface area contributed by atoms with Crippen LogP contribution in [0.3, 0.4) is 0 Å². The molecule has 23 nitrogen and oxygen atoms in total. The van der Waals surface area contributed by atoms with E-state index in [1.807, 2.05) is 0 Å². The molecular weight excluding hydrogens is 706 g/mol. The van der Waals surface area contributed by atoms with Crippen LogP contribution in [-0.2, 0) is 37.9 Å². The minimum absolute atomic E-state index is 0.0266. The highest BCUT2D eigenvalue weighted by atomic mass is 16.8. The number of rotatable bonds is 12. The number of nitrogens with two attached hydrogens (primary N) is 5. The van der Waals surface area contributed by atoms with Gasteiger partial charge in [0.1, 0.15) is 79.4 Å². The maximum atomic E-state index is 11.4. The van der Waals surface area contributed by atoms with Crippen molar-refractivity contribution in [1.82, 2.24) is 0 Å². The zero-order valence-corrected chi connectivity index (χ0v) is 28.1. The van der Waals surface area contributed by atoms with Crippen LogP contribution < -0.4 is 28.7 Å². The molecule has 0 radical (unpaired) electrons. The first-order valence-electron chi connectivity index (χ1n) is 17.2. The molecule has 20 N–H and O–H groups in total. The second-order valence-electron chi connectivity index (χ2n) is 13.9. The first kappa shape index (κ1) is 42.2. The lowest BCUT2D eigenvalue weighted by Gasteiger charge is -2.47. The van der Waals surface area contributed by atoms with E-state index in [2.05, 4.69) is 0 Å². The third kappa shape index (κ3) is 8.57. The van der Waals surface area contributed by atoms with E-state index in [4.69, 9.17) is 66.6 Å². The molecule has 0 unspecified atom stereocenters. The van der Waals surface area contributed by atoms with Gasteiger partial charge in [-0.25, -0.2) is 0 Å². The summed E-state index contributed by atoms with van der Waals surface area (Å²) in [4.78, 5) is 0. The smallest absolute Gasteiger partial charge is 0.187 e. The first-order chi connectivity index (χ1) is 24.6. The van der Waals surface area contributed by atoms with Crippen molar-refractivity contribution in [2.75, 3.05) is 26.4 Å². The minimum atomic E-state index is -1.80. The van der Waals surface area contributed by atoms with Crippen molar-refractivity contribution in [3.8, 4) is 0 Å². The van der Waals surface area contributed by atoms with E-state index in [-0.39, 0.29) is 19.4 Å². The minimum Gasteiger partial charge on any atom is -0.394 e. The lowest BCUT2D eigenvalue weighted by Crippen LogP contribution is -2.67. The molecule has 0 bridgehead atoms. The highest BCUT2D eigenvalue weighted by molar-refractivity contribution is 5.02. The van der Waals surface area contributed by atoms with Crippen LogP contribution in [-0.4, -0.2) is 218 Å². The molecule has 0 aromatic rings. The van der Waals surface area contributed by atoms with Crippen LogP contribution in [0.1, 0.15) is 12.8 Å². The van der Waals surface area contributed by atoms with E-state index >= 15 is 0 Å². The number of hydrogen-bond donors (Lipinski definition) is 15. The van der Waals surface area contributed by atoms with E-state index in [0.717, 1.165) is 0 Å². The normalized spacial score (nSPS) is 53.2. The van der Waals surface area contributed by atoms with Gasteiger partial charge in [0.2, 0.25) is 0 Å². The Morgan fingerprint density at radius 3 is 1.60 bits per heavy atom. The Morgan fingerprint density at radius 2 is 0.962 bits per heavy atom. The molecule has 4 saturated heterocycles. The van der Waals surface area contributed by atoms with Gasteiger partial charge in [0.15, 0.2) is 25.2 Å². The fourth-order valence-electron chi connectivity index (χ4n) is 7.16. The van der Waals surface area contributed by atoms with Crippen molar-refractivity contribution < 1.29 is 89.0 Å². The molecule has 304 valence electrons. The predicted octanol–water partition coefficient (Wildman–Crippen LogP) is -10.0. The summed E-state index contributed by atoms with van der Waals surface area (Å²) in [5.74, 6) is 0. The van der Waals surface area contributed by atoms with E-state index in [9.17, 15) is 51.1 Å². The quantitative estimate of drug-likeness (QED) is 0.0877. The zero-order valence-electron chi connectivity index (χ0n) is 28.1. The summed E-state index contributed by atoms with van der Waals surface area (Å²) in [7, 11) is 0. The maximum absolute atomic E-state index is 11.4. The number of ether oxygens (including phenoxy) is 8. The van der Waals surface area contributed by atoms with Crippen LogP contribution >= 0.6 is 0 Å². The molecule has 5 fully saturated rings. The molecule has 1 aliphatic carbocycles. The van der Waals surface area contributed by atoms with E-state index in [0.29, 0.717) is 0 Å². The molecule has 0 amide bonds. The van der Waals surface area contributed by atoms with E-state index in [1.165, 1.54) is 0 Å². The van der Waals surface area contributed by atoms with Crippen molar-refractivity contribution in [2.24, 2.45) is 28.7 Å². The van der Waals surface area contributed by atoms with Crippen LogP contribution in [0.4, 0.5) is 0 Å². The molecule has 4 heterocycles. The Bertz CT molecular complexity index is 1120. The van der Waals surface area contributed by atoms with Gasteiger partial charge in [0, 0.05) is 18.6 Å². The third-order valence-electron chi connectivity index (χ3n) is 10.3. The summed E-state index contributed by atoms with van der Waals surface area (Å²) in [6, 6.07) is -4.01. The Balaban J connectivity index is 1.26.